The van der Waals surface area contributed by atoms with Crippen LogP contribution < -0.4 is 15.6 Å². The second kappa shape index (κ2) is 10.3. The Morgan fingerprint density at radius 1 is 1.28 bits per heavy atom. The zero-order valence-corrected chi connectivity index (χ0v) is 19.5. The van der Waals surface area contributed by atoms with E-state index in [4.69, 9.17) is 4.74 Å². The van der Waals surface area contributed by atoms with Crippen LogP contribution in [0.3, 0.4) is 0 Å². The van der Waals surface area contributed by atoms with Gasteiger partial charge < -0.3 is 15.0 Å². The van der Waals surface area contributed by atoms with Crippen molar-refractivity contribution in [2.45, 2.75) is 45.2 Å². The number of benzene rings is 1. The topological polar surface area (TPSA) is 76.5 Å². The number of aromatic nitrogens is 2. The Hall–Kier alpha value is -2.71. The van der Waals surface area contributed by atoms with Crippen molar-refractivity contribution in [1.82, 2.24) is 19.8 Å². The van der Waals surface area contributed by atoms with Crippen LogP contribution in [0.4, 0.5) is 0 Å². The lowest BCUT2D eigenvalue weighted by Crippen LogP contribution is -2.27. The van der Waals surface area contributed by atoms with E-state index in [9.17, 15) is 9.59 Å². The highest BCUT2D eigenvalue weighted by Gasteiger charge is 2.20. The Morgan fingerprint density at radius 3 is 2.97 bits per heavy atom. The molecule has 1 aliphatic carbocycles. The van der Waals surface area contributed by atoms with Crippen molar-refractivity contribution in [2.75, 3.05) is 27.2 Å². The van der Waals surface area contributed by atoms with E-state index in [1.165, 1.54) is 16.9 Å². The SMILES string of the molecule is CN(C)CCOc1cccc(CNC(=O)CCn2cnc3sc4c(c3c2=O)CCCC4)c1. The van der Waals surface area contributed by atoms with Gasteiger partial charge in [0.05, 0.1) is 11.7 Å². The van der Waals surface area contributed by atoms with Crippen LogP contribution in [0.2, 0.25) is 0 Å². The van der Waals surface area contributed by atoms with Gasteiger partial charge in [0, 0.05) is 30.9 Å². The molecule has 0 spiro atoms. The van der Waals surface area contributed by atoms with E-state index >= 15 is 0 Å². The van der Waals surface area contributed by atoms with Crippen molar-refractivity contribution in [3.63, 3.8) is 0 Å². The fraction of sp³-hybridized carbons (Fsp3) is 0.458. The van der Waals surface area contributed by atoms with Crippen LogP contribution in [0, 0.1) is 0 Å². The van der Waals surface area contributed by atoms with Crippen LogP contribution in [-0.2, 0) is 30.7 Å². The summed E-state index contributed by atoms with van der Waals surface area (Å²) in [6.45, 7) is 2.21. The maximum absolute atomic E-state index is 13.0. The van der Waals surface area contributed by atoms with Crippen LogP contribution in [0.25, 0.3) is 10.2 Å². The predicted octanol–water partition coefficient (Wildman–Crippen LogP) is 2.98. The summed E-state index contributed by atoms with van der Waals surface area (Å²) in [5.41, 5.74) is 2.14. The van der Waals surface area contributed by atoms with Crippen LogP contribution in [0.1, 0.15) is 35.3 Å². The molecule has 8 heteroatoms. The van der Waals surface area contributed by atoms with Gasteiger partial charge in [0.25, 0.3) is 5.56 Å². The fourth-order valence-corrected chi connectivity index (χ4v) is 5.16. The quantitative estimate of drug-likeness (QED) is 0.538. The number of thiophene rings is 1. The molecule has 0 unspecified atom stereocenters. The average Bonchev–Trinajstić information content (AvgIpc) is 3.17. The van der Waals surface area contributed by atoms with Gasteiger partial charge in [0.15, 0.2) is 0 Å². The molecule has 1 amide bonds. The highest BCUT2D eigenvalue weighted by molar-refractivity contribution is 7.18. The predicted molar refractivity (Wildman–Crippen MR) is 127 cm³/mol. The first-order chi connectivity index (χ1) is 15.5. The van der Waals surface area contributed by atoms with E-state index in [-0.39, 0.29) is 17.9 Å². The van der Waals surface area contributed by atoms with E-state index in [2.05, 4.69) is 15.2 Å². The zero-order chi connectivity index (χ0) is 22.5. The summed E-state index contributed by atoms with van der Waals surface area (Å²) in [6.07, 6.45) is 6.11. The van der Waals surface area contributed by atoms with Crippen molar-refractivity contribution in [2.24, 2.45) is 0 Å². The first-order valence-corrected chi connectivity index (χ1v) is 12.0. The summed E-state index contributed by atoms with van der Waals surface area (Å²) in [7, 11) is 4.01. The lowest BCUT2D eigenvalue weighted by atomic mass is 9.97. The number of hydrogen-bond donors (Lipinski definition) is 1. The average molecular weight is 455 g/mol. The number of nitrogens with zero attached hydrogens (tertiary/aromatic N) is 3. The molecule has 4 rings (SSSR count). The van der Waals surface area contributed by atoms with E-state index in [1.807, 2.05) is 38.4 Å². The third kappa shape index (κ3) is 5.37. The number of amides is 1. The molecule has 0 radical (unpaired) electrons. The Labute approximate surface area is 192 Å². The van der Waals surface area contributed by atoms with Crippen LogP contribution >= 0.6 is 11.3 Å². The molecule has 0 atom stereocenters. The molecule has 1 aliphatic rings. The Balaban J connectivity index is 1.32. The number of ether oxygens (including phenoxy) is 1. The molecule has 170 valence electrons. The first kappa shape index (κ1) is 22.5. The van der Waals surface area contributed by atoms with Crippen molar-refractivity contribution < 1.29 is 9.53 Å². The molecule has 1 aromatic carbocycles. The molecule has 0 saturated carbocycles. The van der Waals surface area contributed by atoms with Crippen LogP contribution in [0.5, 0.6) is 5.75 Å². The monoisotopic (exact) mass is 454 g/mol. The van der Waals surface area contributed by atoms with Gasteiger partial charge in [0.1, 0.15) is 17.2 Å². The summed E-state index contributed by atoms with van der Waals surface area (Å²) < 4.78 is 7.32. The van der Waals surface area contributed by atoms with Crippen molar-refractivity contribution in [3.05, 3.63) is 57.0 Å². The van der Waals surface area contributed by atoms with E-state index in [0.717, 1.165) is 47.3 Å². The lowest BCUT2D eigenvalue weighted by molar-refractivity contribution is -0.121. The zero-order valence-electron chi connectivity index (χ0n) is 18.7. The highest BCUT2D eigenvalue weighted by Crippen LogP contribution is 2.33. The van der Waals surface area contributed by atoms with Gasteiger partial charge in [-0.1, -0.05) is 12.1 Å². The number of aryl methyl sites for hydroxylation is 3. The molecule has 0 aliphatic heterocycles. The number of likely N-dealkylation sites (N-methyl/N-ethyl adjacent to an activating group) is 1. The highest BCUT2D eigenvalue weighted by atomic mass is 32.1. The number of rotatable bonds is 9. The Bertz CT molecular complexity index is 1150. The van der Waals surface area contributed by atoms with Gasteiger partial charge in [-0.2, -0.15) is 0 Å². The number of carbonyl (C=O) groups is 1. The maximum Gasteiger partial charge on any atom is 0.262 e. The Morgan fingerprint density at radius 2 is 2.12 bits per heavy atom. The second-order valence-corrected chi connectivity index (χ2v) is 9.54. The van der Waals surface area contributed by atoms with Crippen LogP contribution in [-0.4, -0.2) is 47.6 Å². The van der Waals surface area contributed by atoms with Gasteiger partial charge in [-0.05, 0) is 63.0 Å². The van der Waals surface area contributed by atoms with E-state index < -0.39 is 0 Å². The summed E-state index contributed by atoms with van der Waals surface area (Å²) >= 11 is 1.64. The molecule has 2 aromatic heterocycles. The molecule has 0 bridgehead atoms. The molecule has 32 heavy (non-hydrogen) atoms. The van der Waals surface area contributed by atoms with Crippen molar-refractivity contribution in [3.8, 4) is 5.75 Å². The van der Waals surface area contributed by atoms with Gasteiger partial charge >= 0.3 is 0 Å². The van der Waals surface area contributed by atoms with Gasteiger partial charge in [-0.15, -0.1) is 11.3 Å². The Kier molecular flexibility index (Phi) is 7.22. The molecule has 0 saturated heterocycles. The fourth-order valence-electron chi connectivity index (χ4n) is 3.94. The summed E-state index contributed by atoms with van der Waals surface area (Å²) in [5, 5.41) is 3.70. The van der Waals surface area contributed by atoms with Crippen LogP contribution in [0.15, 0.2) is 35.4 Å². The summed E-state index contributed by atoms with van der Waals surface area (Å²) in [6, 6.07) is 7.74. The molecule has 0 fully saturated rings. The number of hydrogen-bond acceptors (Lipinski definition) is 6. The third-order valence-electron chi connectivity index (χ3n) is 5.72. The van der Waals surface area contributed by atoms with Gasteiger partial charge in [-0.25, -0.2) is 4.98 Å². The van der Waals surface area contributed by atoms with Gasteiger partial charge in [0.2, 0.25) is 5.91 Å². The lowest BCUT2D eigenvalue weighted by Gasteiger charge is -2.12. The third-order valence-corrected chi connectivity index (χ3v) is 6.92. The van der Waals surface area contributed by atoms with E-state index in [1.54, 1.807) is 22.2 Å². The summed E-state index contributed by atoms with van der Waals surface area (Å²) in [4.78, 5) is 34.1. The van der Waals surface area contributed by atoms with Gasteiger partial charge in [-0.3, -0.25) is 14.2 Å². The normalized spacial score (nSPS) is 13.3. The second-order valence-electron chi connectivity index (χ2n) is 8.46. The minimum atomic E-state index is -0.0942. The van der Waals surface area contributed by atoms with E-state index in [0.29, 0.717) is 19.7 Å². The standard InChI is InChI=1S/C24H30N4O3S/c1-27(2)12-13-31-18-7-5-6-17(14-18)15-25-21(29)10-11-28-16-26-23-22(24(28)30)19-8-3-4-9-20(19)32-23/h5-7,14,16H,3-4,8-13,15H2,1-2H3,(H,25,29). The number of fused-ring (bicyclic) bond motifs is 3. The molecule has 3 aromatic rings. The minimum Gasteiger partial charge on any atom is -0.492 e. The largest absolute Gasteiger partial charge is 0.492 e. The molecular weight excluding hydrogens is 424 g/mol. The van der Waals surface area contributed by atoms with Crippen molar-refractivity contribution >= 4 is 27.5 Å². The van der Waals surface area contributed by atoms with Crippen molar-refractivity contribution in [1.29, 1.82) is 0 Å². The smallest absolute Gasteiger partial charge is 0.262 e. The summed E-state index contributed by atoms with van der Waals surface area (Å²) in [5.74, 6) is 0.701. The molecule has 7 nitrogen and oxygen atoms in total. The first-order valence-electron chi connectivity index (χ1n) is 11.1. The maximum atomic E-state index is 13.0. The molecule has 1 N–H and O–H groups in total. The molecule has 2 heterocycles. The number of carbonyl (C=O) groups excluding carboxylic acids is 1. The molecular formula is C24H30N4O3S. The minimum absolute atomic E-state index is 0.0234. The number of nitrogens with one attached hydrogen (secondary N) is 1.